The van der Waals surface area contributed by atoms with E-state index in [4.69, 9.17) is 9.47 Å². The molecular weight excluding hydrogens is 597 g/mol. The van der Waals surface area contributed by atoms with Crippen molar-refractivity contribution in [1.82, 2.24) is 0 Å². The SMILES string of the molecule is O=C1[C@H](OC[C@H](O)c2ccc(F)cc2)[C@@H](c2ccc(-c3ccc(C4O[C@H](CO)[C@@H](O)[C@H](O)[C@H]4[O-])cc3)cc2O)N1c1ccccc1. The Balaban J connectivity index is 1.23. The van der Waals surface area contributed by atoms with Gasteiger partial charge in [-0.2, -0.15) is 0 Å². The van der Waals surface area contributed by atoms with E-state index < -0.39 is 61.2 Å². The summed E-state index contributed by atoms with van der Waals surface area (Å²) in [5.74, 6) is -0.874. The van der Waals surface area contributed by atoms with E-state index in [0.29, 0.717) is 33.5 Å². The summed E-state index contributed by atoms with van der Waals surface area (Å²) in [6.45, 7) is -0.781. The Labute approximate surface area is 264 Å². The van der Waals surface area contributed by atoms with Crippen LogP contribution in [0.1, 0.15) is 34.9 Å². The molecule has 10 nitrogen and oxygen atoms in total. The van der Waals surface area contributed by atoms with Gasteiger partial charge in [-0.1, -0.05) is 72.8 Å². The number of aliphatic hydroxyl groups is 4. The number of anilines is 1. The number of para-hydroxylation sites is 1. The van der Waals surface area contributed by atoms with Crippen molar-refractivity contribution in [3.05, 3.63) is 120 Å². The monoisotopic (exact) mass is 630 g/mol. The Bertz CT molecular complexity index is 1650. The molecule has 0 radical (unpaired) electrons. The molecule has 2 heterocycles. The van der Waals surface area contributed by atoms with Crippen LogP contribution in [0.5, 0.6) is 5.75 Å². The van der Waals surface area contributed by atoms with Crippen molar-refractivity contribution < 1.29 is 49.3 Å². The Kier molecular flexibility index (Phi) is 9.16. The summed E-state index contributed by atoms with van der Waals surface area (Å²) in [5, 5.41) is 64.1. The highest BCUT2D eigenvalue weighted by atomic mass is 19.1. The Morgan fingerprint density at radius 2 is 1.59 bits per heavy atom. The number of rotatable bonds is 9. The maximum Gasteiger partial charge on any atom is 0.259 e. The third kappa shape index (κ3) is 6.02. The van der Waals surface area contributed by atoms with Crippen LogP contribution in [-0.4, -0.2) is 75.2 Å². The van der Waals surface area contributed by atoms with Crippen LogP contribution < -0.4 is 10.0 Å². The standard InChI is InChI=1S/C35H33FNO9/c36-23-13-10-20(11-14-23)27(40)18-45-34-29(37(35(34)44)24-4-2-1-3-5-24)25-15-12-22(16-26(25)39)19-6-8-21(9-7-19)33-32(43)31(42)30(41)28(17-38)46-33/h1-16,27-34,38-42H,17-18H2/q-1/t27-,28+,29+,30+,31-,32+,33?,34+/m0/s1. The first kappa shape index (κ1) is 31.8. The first-order valence-corrected chi connectivity index (χ1v) is 14.8. The van der Waals surface area contributed by atoms with E-state index in [2.05, 4.69) is 0 Å². The molecule has 46 heavy (non-hydrogen) atoms. The molecule has 6 rings (SSSR count). The van der Waals surface area contributed by atoms with Crippen molar-refractivity contribution in [2.45, 2.75) is 48.8 Å². The minimum absolute atomic E-state index is 0.0918. The average molecular weight is 631 g/mol. The molecule has 0 aliphatic carbocycles. The molecule has 0 spiro atoms. The second kappa shape index (κ2) is 13.3. The van der Waals surface area contributed by atoms with Gasteiger partial charge >= 0.3 is 0 Å². The lowest BCUT2D eigenvalue weighted by molar-refractivity contribution is -0.479. The highest BCUT2D eigenvalue weighted by Gasteiger charge is 2.51. The summed E-state index contributed by atoms with van der Waals surface area (Å²) in [6, 6.07) is 25.3. The second-order valence-corrected chi connectivity index (χ2v) is 11.4. The Hall–Kier alpha value is -4.20. The molecule has 240 valence electrons. The fraction of sp³-hybridized carbons (Fsp3) is 0.286. The van der Waals surface area contributed by atoms with Crippen LogP contribution in [0.25, 0.3) is 11.1 Å². The second-order valence-electron chi connectivity index (χ2n) is 11.4. The van der Waals surface area contributed by atoms with Gasteiger partial charge in [0.15, 0.2) is 6.10 Å². The zero-order valence-electron chi connectivity index (χ0n) is 24.5. The van der Waals surface area contributed by atoms with Crippen LogP contribution in [0, 0.1) is 5.82 Å². The number of carbonyl (C=O) groups is 1. The molecule has 1 unspecified atom stereocenters. The summed E-state index contributed by atoms with van der Waals surface area (Å²) >= 11 is 0. The van der Waals surface area contributed by atoms with Crippen molar-refractivity contribution in [1.29, 1.82) is 0 Å². The Morgan fingerprint density at radius 3 is 2.24 bits per heavy atom. The van der Waals surface area contributed by atoms with Crippen molar-refractivity contribution in [2.24, 2.45) is 0 Å². The largest absolute Gasteiger partial charge is 0.848 e. The van der Waals surface area contributed by atoms with Gasteiger partial charge in [-0.05, 0) is 52.6 Å². The van der Waals surface area contributed by atoms with Crippen LogP contribution in [0.15, 0.2) is 97.1 Å². The lowest BCUT2D eigenvalue weighted by Crippen LogP contribution is -2.60. The minimum Gasteiger partial charge on any atom is -0.848 e. The molecule has 5 N–H and O–H groups in total. The number of aliphatic hydroxyl groups excluding tert-OH is 4. The predicted octanol–water partition coefficient (Wildman–Crippen LogP) is 2.29. The number of hydrogen-bond donors (Lipinski definition) is 5. The number of hydrogen-bond acceptors (Lipinski definition) is 9. The molecule has 4 aromatic rings. The number of aromatic hydroxyl groups is 1. The van der Waals surface area contributed by atoms with Gasteiger partial charge < -0.3 is 40.1 Å². The molecule has 0 aromatic heterocycles. The van der Waals surface area contributed by atoms with Gasteiger partial charge in [-0.15, -0.1) is 0 Å². The molecule has 2 saturated heterocycles. The van der Waals surface area contributed by atoms with Crippen LogP contribution in [-0.2, 0) is 14.3 Å². The zero-order valence-corrected chi connectivity index (χ0v) is 24.5. The number of carbonyl (C=O) groups excluding carboxylic acids is 1. The van der Waals surface area contributed by atoms with Crippen LogP contribution in [0.2, 0.25) is 0 Å². The molecule has 0 saturated carbocycles. The molecule has 11 heteroatoms. The number of β-lactam (4-membered cyclic amide) rings is 1. The minimum atomic E-state index is -1.66. The zero-order chi connectivity index (χ0) is 32.5. The first-order chi connectivity index (χ1) is 22.2. The number of halogens is 1. The molecule has 8 atom stereocenters. The molecule has 2 aliphatic rings. The van der Waals surface area contributed by atoms with E-state index >= 15 is 0 Å². The maximum atomic E-state index is 13.3. The average Bonchev–Trinajstić information content (AvgIpc) is 3.07. The van der Waals surface area contributed by atoms with Gasteiger partial charge in [0, 0.05) is 11.3 Å². The van der Waals surface area contributed by atoms with Crippen molar-refractivity contribution in [2.75, 3.05) is 18.1 Å². The fourth-order valence-corrected chi connectivity index (χ4v) is 5.98. The number of ether oxygens (including phenoxy) is 2. The highest BCUT2D eigenvalue weighted by molar-refractivity contribution is 6.05. The number of phenols is 1. The van der Waals surface area contributed by atoms with Crippen molar-refractivity contribution in [3.63, 3.8) is 0 Å². The molecule has 0 bridgehead atoms. The summed E-state index contributed by atoms with van der Waals surface area (Å²) in [5.41, 5.74) is 3.27. The van der Waals surface area contributed by atoms with Crippen LogP contribution in [0.3, 0.4) is 0 Å². The molecule has 2 aliphatic heterocycles. The maximum absolute atomic E-state index is 13.3. The third-order valence-corrected chi connectivity index (χ3v) is 8.56. The Morgan fingerprint density at radius 1 is 0.913 bits per heavy atom. The summed E-state index contributed by atoms with van der Waals surface area (Å²) in [7, 11) is 0. The lowest BCUT2D eigenvalue weighted by atomic mass is 9.87. The van der Waals surface area contributed by atoms with E-state index in [1.165, 1.54) is 29.2 Å². The molecular formula is C35H33FNO9-. The molecule has 1 amide bonds. The quantitative estimate of drug-likeness (QED) is 0.175. The number of benzene rings is 4. The van der Waals surface area contributed by atoms with Crippen LogP contribution in [0.4, 0.5) is 10.1 Å². The highest BCUT2D eigenvalue weighted by Crippen LogP contribution is 2.45. The van der Waals surface area contributed by atoms with Crippen molar-refractivity contribution in [3.8, 4) is 16.9 Å². The van der Waals surface area contributed by atoms with E-state index in [-0.39, 0.29) is 18.3 Å². The molecule has 4 aromatic carbocycles. The topological polar surface area (TPSA) is 163 Å². The predicted molar refractivity (Wildman–Crippen MR) is 162 cm³/mol. The van der Waals surface area contributed by atoms with Crippen molar-refractivity contribution >= 4 is 11.6 Å². The summed E-state index contributed by atoms with van der Waals surface area (Å²) in [6.07, 6.45) is -9.03. The van der Waals surface area contributed by atoms with E-state index in [0.717, 1.165) is 0 Å². The smallest absolute Gasteiger partial charge is 0.259 e. The normalized spacial score (nSPS) is 26.9. The lowest BCUT2D eigenvalue weighted by Gasteiger charge is -2.47. The number of amides is 1. The van der Waals surface area contributed by atoms with E-state index in [1.807, 2.05) is 6.07 Å². The number of nitrogens with zero attached hydrogens (tertiary/aromatic N) is 1. The van der Waals surface area contributed by atoms with Gasteiger partial charge in [0.25, 0.3) is 5.91 Å². The van der Waals surface area contributed by atoms with Gasteiger partial charge in [0.2, 0.25) is 0 Å². The van der Waals surface area contributed by atoms with E-state index in [9.17, 15) is 39.8 Å². The fourth-order valence-electron chi connectivity index (χ4n) is 5.98. The van der Waals surface area contributed by atoms with Gasteiger partial charge in [0.1, 0.15) is 35.9 Å². The number of phenolic OH excluding ortho intramolecular Hbond substituents is 1. The summed E-state index contributed by atoms with van der Waals surface area (Å²) in [4.78, 5) is 14.8. The van der Waals surface area contributed by atoms with Gasteiger partial charge in [0.05, 0.1) is 25.4 Å². The third-order valence-electron chi connectivity index (χ3n) is 8.56. The van der Waals surface area contributed by atoms with Gasteiger partial charge in [-0.3, -0.25) is 9.69 Å². The summed E-state index contributed by atoms with van der Waals surface area (Å²) < 4.78 is 24.8. The molecule has 2 fully saturated rings. The first-order valence-electron chi connectivity index (χ1n) is 14.8. The van der Waals surface area contributed by atoms with Crippen LogP contribution >= 0.6 is 0 Å². The van der Waals surface area contributed by atoms with Gasteiger partial charge in [-0.25, -0.2) is 4.39 Å². The van der Waals surface area contributed by atoms with E-state index in [1.54, 1.807) is 66.7 Å².